The van der Waals surface area contributed by atoms with Crippen molar-refractivity contribution in [1.29, 1.82) is 0 Å². The summed E-state index contributed by atoms with van der Waals surface area (Å²) in [6, 6.07) is 20.9. The highest BCUT2D eigenvalue weighted by Gasteiger charge is 2.39. The van der Waals surface area contributed by atoms with Crippen LogP contribution in [-0.4, -0.2) is 30.4 Å². The van der Waals surface area contributed by atoms with Crippen LogP contribution in [0.2, 0.25) is 10.0 Å². The van der Waals surface area contributed by atoms with Gasteiger partial charge >= 0.3 is 16.1 Å². The number of hydrogen-bond donors (Lipinski definition) is 1. The van der Waals surface area contributed by atoms with Crippen LogP contribution in [0.3, 0.4) is 0 Å². The molecule has 1 aliphatic heterocycles. The molecular weight excluding hydrogens is 591 g/mol. The van der Waals surface area contributed by atoms with Gasteiger partial charge < -0.3 is 4.57 Å². The number of imidazole rings is 1. The second kappa shape index (κ2) is 12.1. The second-order valence-electron chi connectivity index (χ2n) is 10.9. The third-order valence-electron chi connectivity index (χ3n) is 7.84. The Morgan fingerprint density at radius 3 is 2.31 bits per heavy atom. The summed E-state index contributed by atoms with van der Waals surface area (Å²) in [5.41, 5.74) is 4.99. The number of anilines is 1. The van der Waals surface area contributed by atoms with Crippen LogP contribution >= 0.6 is 23.2 Å². The highest BCUT2D eigenvalue weighted by Crippen LogP contribution is 2.32. The molecule has 1 amide bonds. The van der Waals surface area contributed by atoms with Crippen LogP contribution in [0.15, 0.2) is 79.0 Å². The summed E-state index contributed by atoms with van der Waals surface area (Å²) < 4.78 is 28.6. The van der Waals surface area contributed by atoms with Crippen LogP contribution in [-0.2, 0) is 21.4 Å². The number of amides is 1. The zero-order valence-electron chi connectivity index (χ0n) is 22.9. The number of rotatable bonds is 7. The highest BCUT2D eigenvalue weighted by atomic mass is 35.5. The van der Waals surface area contributed by atoms with Crippen LogP contribution < -0.4 is 9.03 Å². The summed E-state index contributed by atoms with van der Waals surface area (Å²) in [4.78, 5) is 16.7. The molecule has 4 aromatic rings. The Labute approximate surface area is 256 Å². The van der Waals surface area contributed by atoms with E-state index in [2.05, 4.69) is 36.4 Å². The van der Waals surface area contributed by atoms with E-state index in [0.717, 1.165) is 31.7 Å². The minimum absolute atomic E-state index is 0.191. The van der Waals surface area contributed by atoms with Crippen LogP contribution in [0.1, 0.15) is 49.1 Å². The lowest BCUT2D eigenvalue weighted by molar-refractivity contribution is -0.404. The Morgan fingerprint density at radius 1 is 0.929 bits per heavy atom. The minimum atomic E-state index is -3.76. The number of quaternary nitrogens is 1. The first kappa shape index (κ1) is 28.7. The standard InChI is InChI=1S/C32H30Cl2N4O3S/c33-25-12-17-28(29(34)19-25)30-20-37(26-13-15-27(16-14-26)38-21-32(39)36-42(38,40)41)31(35-30)18-24-10-8-23(9-11-24)7-6-22-4-2-1-3-5-22/h6-17,19-20,22H,1-5,18,21H2,(H,36,39)/p+1/b7-6+. The number of nitrogens with zero attached hydrogens (tertiary/aromatic N) is 3. The average Bonchev–Trinajstić information content (AvgIpc) is 3.51. The highest BCUT2D eigenvalue weighted by molar-refractivity contribution is 7.87. The predicted octanol–water partition coefficient (Wildman–Crippen LogP) is 6.19. The van der Waals surface area contributed by atoms with Gasteiger partial charge in [0, 0.05) is 28.9 Å². The predicted molar refractivity (Wildman–Crippen MR) is 167 cm³/mol. The first-order chi connectivity index (χ1) is 20.2. The maximum atomic E-state index is 12.4. The van der Waals surface area contributed by atoms with Crippen molar-refractivity contribution in [3.63, 3.8) is 0 Å². The summed E-state index contributed by atoms with van der Waals surface area (Å²) in [5, 5.41) is 1.05. The van der Waals surface area contributed by atoms with E-state index in [1.54, 1.807) is 24.3 Å². The van der Waals surface area contributed by atoms with Crippen molar-refractivity contribution in [1.82, 2.24) is 9.55 Å². The summed E-state index contributed by atoms with van der Waals surface area (Å²) in [6.07, 6.45) is 13.6. The van der Waals surface area contributed by atoms with Crippen molar-refractivity contribution in [2.45, 2.75) is 38.5 Å². The Balaban J connectivity index is 1.30. The van der Waals surface area contributed by atoms with Gasteiger partial charge in [-0.2, -0.15) is 13.1 Å². The molecule has 3 aromatic carbocycles. The third-order valence-corrected chi connectivity index (χ3v) is 9.90. The van der Waals surface area contributed by atoms with Gasteiger partial charge in [-0.25, -0.2) is 14.1 Å². The molecule has 2 N–H and O–H groups in total. The van der Waals surface area contributed by atoms with Gasteiger partial charge in [0.25, 0.3) is 0 Å². The van der Waals surface area contributed by atoms with Gasteiger partial charge in [0.05, 0.1) is 16.4 Å². The van der Waals surface area contributed by atoms with Gasteiger partial charge in [-0.3, -0.25) is 0 Å². The number of carbonyl (C=O) groups is 1. The van der Waals surface area contributed by atoms with Gasteiger partial charge in [0.1, 0.15) is 5.82 Å². The van der Waals surface area contributed by atoms with Crippen molar-refractivity contribution in [2.75, 3.05) is 10.8 Å². The van der Waals surface area contributed by atoms with Gasteiger partial charge in [0.15, 0.2) is 6.54 Å². The molecule has 2 fully saturated rings. The quantitative estimate of drug-likeness (QED) is 0.267. The Morgan fingerprint density at radius 2 is 1.64 bits per heavy atom. The summed E-state index contributed by atoms with van der Waals surface area (Å²) >= 11 is 12.7. The minimum Gasteiger partial charge on any atom is -0.303 e. The number of hydrogen-bond acceptors (Lipinski definition) is 4. The normalized spacial score (nSPS) is 17.4. The molecule has 1 aliphatic carbocycles. The number of aromatic nitrogens is 2. The molecule has 216 valence electrons. The van der Waals surface area contributed by atoms with Crippen LogP contribution in [0.4, 0.5) is 5.69 Å². The lowest BCUT2D eigenvalue weighted by atomic mass is 9.89. The molecule has 42 heavy (non-hydrogen) atoms. The number of benzene rings is 3. The number of halogens is 2. The molecule has 2 heterocycles. The van der Waals surface area contributed by atoms with Crippen molar-refractivity contribution in [2.24, 2.45) is 5.92 Å². The van der Waals surface area contributed by atoms with Crippen LogP contribution in [0.25, 0.3) is 23.0 Å². The molecule has 1 saturated heterocycles. The molecule has 7 nitrogen and oxygen atoms in total. The number of primary amides is 1. The first-order valence-corrected chi connectivity index (χ1v) is 16.3. The maximum Gasteiger partial charge on any atom is 0.401 e. The molecule has 0 bridgehead atoms. The lowest BCUT2D eigenvalue weighted by Gasteiger charge is -2.17. The average molecular weight is 623 g/mol. The molecule has 0 atom stereocenters. The molecule has 6 rings (SSSR count). The van der Waals surface area contributed by atoms with E-state index in [-0.39, 0.29) is 6.54 Å². The third kappa shape index (κ3) is 6.32. The van der Waals surface area contributed by atoms with Crippen LogP contribution in [0.5, 0.6) is 0 Å². The van der Waals surface area contributed by atoms with Gasteiger partial charge in [-0.05, 0) is 72.4 Å². The molecule has 1 aromatic heterocycles. The Hall–Kier alpha value is -3.43. The summed E-state index contributed by atoms with van der Waals surface area (Å²) in [6.45, 7) is -0.191. The Bertz CT molecular complexity index is 1740. The first-order valence-electron chi connectivity index (χ1n) is 14.1. The van der Waals surface area contributed by atoms with Gasteiger partial charge in [0.2, 0.25) is 0 Å². The number of nitrogens with two attached hydrogens (primary N) is 1. The molecular formula is C32H31Cl2N4O3S+. The largest absolute Gasteiger partial charge is 0.401 e. The Kier molecular flexibility index (Phi) is 8.23. The van der Waals surface area contributed by atoms with Gasteiger partial charge in [-0.15, -0.1) is 0 Å². The zero-order valence-corrected chi connectivity index (χ0v) is 25.2. The van der Waals surface area contributed by atoms with E-state index in [9.17, 15) is 13.2 Å². The summed E-state index contributed by atoms with van der Waals surface area (Å²) in [7, 11) is -3.76. The number of carbonyl (C=O) groups excluding carboxylic acids is 1. The van der Waals surface area contributed by atoms with Crippen molar-refractivity contribution in [3.8, 4) is 16.9 Å². The van der Waals surface area contributed by atoms with E-state index in [1.165, 1.54) is 37.7 Å². The van der Waals surface area contributed by atoms with Crippen LogP contribution in [0, 0.1) is 5.92 Å². The molecule has 0 spiro atoms. The van der Waals surface area contributed by atoms with E-state index in [0.29, 0.717) is 33.8 Å². The second-order valence-corrected chi connectivity index (χ2v) is 13.4. The fourth-order valence-electron chi connectivity index (χ4n) is 5.61. The van der Waals surface area contributed by atoms with E-state index < -0.39 is 16.1 Å². The topological polar surface area (TPSA) is 88.9 Å². The zero-order chi connectivity index (χ0) is 29.3. The molecule has 2 aliphatic rings. The van der Waals surface area contributed by atoms with E-state index in [1.807, 2.05) is 29.0 Å². The number of allylic oxidation sites excluding steroid dienone is 1. The monoisotopic (exact) mass is 621 g/mol. The maximum absolute atomic E-state index is 12.4. The lowest BCUT2D eigenvalue weighted by Crippen LogP contribution is -2.88. The molecule has 10 heteroatoms. The molecule has 1 saturated carbocycles. The fourth-order valence-corrected chi connectivity index (χ4v) is 7.38. The molecule has 0 radical (unpaired) electrons. The van der Waals surface area contributed by atoms with Crippen molar-refractivity contribution < 1.29 is 17.9 Å². The fraction of sp³-hybridized carbons (Fsp3) is 0.250. The smallest absolute Gasteiger partial charge is 0.303 e. The van der Waals surface area contributed by atoms with Crippen molar-refractivity contribution in [3.05, 3.63) is 106 Å². The summed E-state index contributed by atoms with van der Waals surface area (Å²) in [5.74, 6) is 1.04. The van der Waals surface area contributed by atoms with Crippen molar-refractivity contribution >= 4 is 51.1 Å². The molecule has 0 unspecified atom stereocenters. The SMILES string of the molecule is O=C1CN(c2ccc(-n3cc(-c4ccc(Cl)cc4Cl)nc3Cc3ccc(/C=C/C4CCCCC4)cc3)cc2)S(=O)(=O)[NH2+]1. The van der Waals surface area contributed by atoms with Gasteiger partial charge in [-0.1, -0.05) is 78.9 Å². The van der Waals surface area contributed by atoms with E-state index in [4.69, 9.17) is 28.2 Å². The van der Waals surface area contributed by atoms with E-state index >= 15 is 0 Å².